The number of hydrogen-bond acceptors (Lipinski definition) is 4. The number of nitrogens with one attached hydrogen (secondary N) is 1. The summed E-state index contributed by atoms with van der Waals surface area (Å²) < 4.78 is 1.80. The van der Waals surface area contributed by atoms with Crippen LogP contribution < -0.4 is 5.32 Å². The van der Waals surface area contributed by atoms with Crippen molar-refractivity contribution in [2.24, 2.45) is 0 Å². The summed E-state index contributed by atoms with van der Waals surface area (Å²) in [5, 5.41) is 8.65. The molecule has 0 aliphatic carbocycles. The lowest BCUT2D eigenvalue weighted by molar-refractivity contribution is -0.116. The lowest BCUT2D eigenvalue weighted by Gasteiger charge is -2.22. The molecular weight excluding hydrogens is 425 g/mol. The topological polar surface area (TPSA) is 80.1 Å². The summed E-state index contributed by atoms with van der Waals surface area (Å²) in [6.07, 6.45) is 3.93. The summed E-state index contributed by atoms with van der Waals surface area (Å²) in [7, 11) is 0. The first kappa shape index (κ1) is 22.1. The number of rotatable bonds is 7. The molecule has 0 saturated heterocycles. The van der Waals surface area contributed by atoms with Crippen molar-refractivity contribution in [2.45, 2.75) is 33.2 Å². The second-order valence-corrected chi connectivity index (χ2v) is 8.06. The van der Waals surface area contributed by atoms with Gasteiger partial charge >= 0.3 is 0 Å². The molecule has 0 saturated carbocycles. The number of carbonyl (C=O) groups is 2. The fraction of sp³-hybridized carbons (Fsp3) is 0.333. The van der Waals surface area contributed by atoms with E-state index < -0.39 is 0 Å². The Morgan fingerprint density at radius 2 is 1.97 bits per heavy atom. The predicted octanol–water partition coefficient (Wildman–Crippen LogP) is 4.81. The Balaban J connectivity index is 1.78. The highest BCUT2D eigenvalue weighted by Crippen LogP contribution is 2.25. The molecule has 0 aliphatic heterocycles. The number of amides is 2. The molecule has 1 aromatic carbocycles. The van der Waals surface area contributed by atoms with Crippen molar-refractivity contribution in [3.63, 3.8) is 0 Å². The van der Waals surface area contributed by atoms with Crippen LogP contribution in [0.2, 0.25) is 10.0 Å². The van der Waals surface area contributed by atoms with Crippen LogP contribution in [0.1, 0.15) is 43.6 Å². The molecule has 0 spiro atoms. The van der Waals surface area contributed by atoms with Crippen molar-refractivity contribution in [1.82, 2.24) is 19.7 Å². The van der Waals surface area contributed by atoms with Gasteiger partial charge in [-0.2, -0.15) is 5.10 Å². The number of fused-ring (bicyclic) bond motifs is 1. The smallest absolute Gasteiger partial charge is 0.255 e. The van der Waals surface area contributed by atoms with Crippen LogP contribution in [0.15, 0.2) is 36.7 Å². The molecule has 158 valence electrons. The van der Waals surface area contributed by atoms with Crippen LogP contribution in [0.5, 0.6) is 0 Å². The third-order valence-corrected chi connectivity index (χ3v) is 5.05. The van der Waals surface area contributed by atoms with E-state index in [-0.39, 0.29) is 24.4 Å². The van der Waals surface area contributed by atoms with Crippen molar-refractivity contribution in [3.05, 3.63) is 52.3 Å². The average Bonchev–Trinajstić information content (AvgIpc) is 3.13. The Hall–Kier alpha value is -2.64. The molecule has 0 radical (unpaired) electrons. The number of halogens is 2. The highest BCUT2D eigenvalue weighted by atomic mass is 35.5. The number of nitrogens with zero attached hydrogens (tertiary/aromatic N) is 4. The Kier molecular flexibility index (Phi) is 6.95. The summed E-state index contributed by atoms with van der Waals surface area (Å²) >= 11 is 12.1. The number of carbonyl (C=O) groups excluding carboxylic acids is 2. The Morgan fingerprint density at radius 1 is 1.20 bits per heavy atom. The summed E-state index contributed by atoms with van der Waals surface area (Å²) in [5.74, 6) is -0.626. The van der Waals surface area contributed by atoms with Crippen LogP contribution in [0.25, 0.3) is 11.0 Å². The molecule has 30 heavy (non-hydrogen) atoms. The SMILES string of the molecule is CCCN(CC(=O)Nc1cc(Cl)ccc1Cl)C(=O)c1cnc2c(cnn2C(C)C)c1. The number of hydrogen-bond donors (Lipinski definition) is 1. The summed E-state index contributed by atoms with van der Waals surface area (Å²) in [4.78, 5) is 31.5. The summed E-state index contributed by atoms with van der Waals surface area (Å²) in [5.41, 5.74) is 1.53. The fourth-order valence-electron chi connectivity index (χ4n) is 3.10. The van der Waals surface area contributed by atoms with Crippen LogP contribution in [0.4, 0.5) is 5.69 Å². The quantitative estimate of drug-likeness (QED) is 0.563. The van der Waals surface area contributed by atoms with Gasteiger partial charge in [-0.1, -0.05) is 30.1 Å². The molecule has 2 amide bonds. The Labute approximate surface area is 185 Å². The molecule has 7 nitrogen and oxygen atoms in total. The van der Waals surface area contributed by atoms with Crippen LogP contribution in [-0.4, -0.2) is 44.6 Å². The highest BCUT2D eigenvalue weighted by Gasteiger charge is 2.20. The summed E-state index contributed by atoms with van der Waals surface area (Å²) in [6, 6.07) is 6.72. The number of pyridine rings is 1. The molecule has 0 unspecified atom stereocenters. The van der Waals surface area contributed by atoms with Gasteiger partial charge in [0.15, 0.2) is 5.65 Å². The fourth-order valence-corrected chi connectivity index (χ4v) is 3.43. The third-order valence-electron chi connectivity index (χ3n) is 4.49. The standard InChI is InChI=1S/C21H23Cl2N5O2/c1-4-7-27(12-19(29)26-18-9-16(22)5-6-17(18)23)21(30)15-8-14-11-25-28(13(2)3)20(14)24-10-15/h5-6,8-11,13H,4,7,12H2,1-3H3,(H,26,29). The van der Waals surface area contributed by atoms with E-state index in [1.54, 1.807) is 35.1 Å². The average molecular weight is 448 g/mol. The molecular formula is C21H23Cl2N5O2. The molecule has 2 aromatic heterocycles. The van der Waals surface area contributed by atoms with Gasteiger partial charge in [-0.15, -0.1) is 0 Å². The van der Waals surface area contributed by atoms with E-state index in [1.807, 2.05) is 20.8 Å². The minimum absolute atomic E-state index is 0.112. The van der Waals surface area contributed by atoms with Crippen LogP contribution in [-0.2, 0) is 4.79 Å². The highest BCUT2D eigenvalue weighted by molar-refractivity contribution is 6.35. The maximum Gasteiger partial charge on any atom is 0.255 e. The first-order valence-corrected chi connectivity index (χ1v) is 10.4. The minimum Gasteiger partial charge on any atom is -0.329 e. The molecule has 0 aliphatic rings. The molecule has 0 bridgehead atoms. The van der Waals surface area contributed by atoms with E-state index in [2.05, 4.69) is 15.4 Å². The van der Waals surface area contributed by atoms with E-state index in [9.17, 15) is 9.59 Å². The second kappa shape index (κ2) is 9.45. The van der Waals surface area contributed by atoms with E-state index >= 15 is 0 Å². The Morgan fingerprint density at radius 3 is 2.67 bits per heavy atom. The molecule has 3 aromatic rings. The number of aromatic nitrogens is 3. The first-order chi connectivity index (χ1) is 14.3. The van der Waals surface area contributed by atoms with Crippen LogP contribution >= 0.6 is 23.2 Å². The predicted molar refractivity (Wildman–Crippen MR) is 119 cm³/mol. The van der Waals surface area contributed by atoms with Gasteiger partial charge in [-0.05, 0) is 44.5 Å². The molecule has 9 heteroatoms. The van der Waals surface area contributed by atoms with Gasteiger partial charge in [0.1, 0.15) is 6.54 Å². The third kappa shape index (κ3) is 4.91. The lowest BCUT2D eigenvalue weighted by Crippen LogP contribution is -2.38. The van der Waals surface area contributed by atoms with Crippen molar-refractivity contribution in [2.75, 3.05) is 18.4 Å². The zero-order valence-corrected chi connectivity index (χ0v) is 18.5. The van der Waals surface area contributed by atoms with Crippen molar-refractivity contribution in [3.8, 4) is 0 Å². The van der Waals surface area contributed by atoms with Gasteiger partial charge in [0.25, 0.3) is 5.91 Å². The maximum atomic E-state index is 13.1. The van der Waals surface area contributed by atoms with Crippen molar-refractivity contribution >= 4 is 51.7 Å². The van der Waals surface area contributed by atoms with Crippen LogP contribution in [0, 0.1) is 0 Å². The van der Waals surface area contributed by atoms with Gasteiger partial charge in [-0.25, -0.2) is 9.67 Å². The van der Waals surface area contributed by atoms with Gasteiger partial charge in [0.2, 0.25) is 5.91 Å². The Bertz CT molecular complexity index is 1080. The molecule has 2 heterocycles. The maximum absolute atomic E-state index is 13.1. The monoisotopic (exact) mass is 447 g/mol. The zero-order valence-electron chi connectivity index (χ0n) is 17.0. The minimum atomic E-state index is -0.359. The first-order valence-electron chi connectivity index (χ1n) is 9.67. The van der Waals surface area contributed by atoms with Gasteiger partial charge < -0.3 is 10.2 Å². The largest absolute Gasteiger partial charge is 0.329 e. The van der Waals surface area contributed by atoms with Crippen molar-refractivity contribution < 1.29 is 9.59 Å². The normalized spacial score (nSPS) is 11.1. The van der Waals surface area contributed by atoms with E-state index in [1.165, 1.54) is 11.1 Å². The van der Waals surface area contributed by atoms with E-state index in [0.29, 0.717) is 34.3 Å². The molecule has 1 N–H and O–H groups in total. The van der Waals surface area contributed by atoms with Crippen LogP contribution in [0.3, 0.4) is 0 Å². The molecule has 3 rings (SSSR count). The summed E-state index contributed by atoms with van der Waals surface area (Å²) in [6.45, 7) is 6.29. The molecule has 0 atom stereocenters. The second-order valence-electron chi connectivity index (χ2n) is 7.22. The van der Waals surface area contributed by atoms with Gasteiger partial charge in [0, 0.05) is 29.2 Å². The number of benzene rings is 1. The zero-order chi connectivity index (χ0) is 21.8. The van der Waals surface area contributed by atoms with Gasteiger partial charge in [0.05, 0.1) is 22.5 Å². The van der Waals surface area contributed by atoms with Crippen molar-refractivity contribution in [1.29, 1.82) is 0 Å². The van der Waals surface area contributed by atoms with Gasteiger partial charge in [-0.3, -0.25) is 9.59 Å². The number of anilines is 1. The van der Waals surface area contributed by atoms with E-state index in [4.69, 9.17) is 23.2 Å². The van der Waals surface area contributed by atoms with E-state index in [0.717, 1.165) is 11.0 Å². The lowest BCUT2D eigenvalue weighted by atomic mass is 10.2. The molecule has 0 fully saturated rings.